The largest absolute Gasteiger partial charge is 0.478 e. The van der Waals surface area contributed by atoms with Gasteiger partial charge in [-0.25, -0.2) is 14.5 Å². The number of aryl methyl sites for hydroxylation is 1. The van der Waals surface area contributed by atoms with Crippen LogP contribution < -0.4 is 0 Å². The number of hydrogen-bond donors (Lipinski definition) is 1. The molecule has 2 aromatic carbocycles. The molecule has 0 saturated heterocycles. The van der Waals surface area contributed by atoms with Crippen LogP contribution in [0.3, 0.4) is 0 Å². The molecule has 1 aromatic heterocycles. The van der Waals surface area contributed by atoms with Gasteiger partial charge in [0.15, 0.2) is 5.82 Å². The van der Waals surface area contributed by atoms with Crippen LogP contribution in [0.5, 0.6) is 0 Å². The topological polar surface area (TPSA) is 68.0 Å². The van der Waals surface area contributed by atoms with E-state index in [1.54, 1.807) is 17.1 Å². The number of aliphatic carboxylic acids is 1. The van der Waals surface area contributed by atoms with Gasteiger partial charge in [0.2, 0.25) is 0 Å². The fourth-order valence-corrected chi connectivity index (χ4v) is 2.13. The molecule has 0 fully saturated rings. The van der Waals surface area contributed by atoms with Gasteiger partial charge < -0.3 is 5.11 Å². The van der Waals surface area contributed by atoms with Crippen LogP contribution in [0.15, 0.2) is 60.9 Å². The van der Waals surface area contributed by atoms with Crippen molar-refractivity contribution >= 4 is 12.0 Å². The average Bonchev–Trinajstić information content (AvgIpc) is 3.04. The van der Waals surface area contributed by atoms with E-state index in [1.807, 2.05) is 55.5 Å². The molecular formula is C18H15N3O2. The van der Waals surface area contributed by atoms with Gasteiger partial charge in [-0.3, -0.25) is 0 Å². The molecule has 3 aromatic rings. The second-order valence-corrected chi connectivity index (χ2v) is 5.14. The summed E-state index contributed by atoms with van der Waals surface area (Å²) in [5.41, 5.74) is 3.84. The summed E-state index contributed by atoms with van der Waals surface area (Å²) in [5.74, 6) is -0.341. The van der Waals surface area contributed by atoms with Crippen molar-refractivity contribution in [3.05, 3.63) is 72.1 Å². The predicted molar refractivity (Wildman–Crippen MR) is 88.2 cm³/mol. The summed E-state index contributed by atoms with van der Waals surface area (Å²) < 4.78 is 1.73. The Hall–Kier alpha value is -3.21. The SMILES string of the molecule is Cc1ccc(-n2cnc(-c3ccc(/C=C/C(=O)O)cc3)n2)cc1. The van der Waals surface area contributed by atoms with Crippen LogP contribution in [-0.2, 0) is 4.79 Å². The summed E-state index contributed by atoms with van der Waals surface area (Å²) in [6, 6.07) is 15.5. The van der Waals surface area contributed by atoms with E-state index in [0.29, 0.717) is 5.82 Å². The first kappa shape index (κ1) is 14.7. The Bertz CT molecular complexity index is 847. The number of carbonyl (C=O) groups is 1. The van der Waals surface area contributed by atoms with Gasteiger partial charge in [-0.1, -0.05) is 42.0 Å². The Morgan fingerprint density at radius 1 is 1.09 bits per heavy atom. The van der Waals surface area contributed by atoms with Gasteiger partial charge in [-0.05, 0) is 30.7 Å². The van der Waals surface area contributed by atoms with Crippen molar-refractivity contribution in [1.29, 1.82) is 0 Å². The molecule has 1 heterocycles. The quantitative estimate of drug-likeness (QED) is 0.751. The number of benzene rings is 2. The summed E-state index contributed by atoms with van der Waals surface area (Å²) in [4.78, 5) is 14.8. The molecule has 114 valence electrons. The second kappa shape index (κ2) is 6.27. The lowest BCUT2D eigenvalue weighted by atomic mass is 10.1. The van der Waals surface area contributed by atoms with Crippen molar-refractivity contribution in [3.8, 4) is 17.1 Å². The van der Waals surface area contributed by atoms with E-state index in [4.69, 9.17) is 5.11 Å². The fraction of sp³-hybridized carbons (Fsp3) is 0.0556. The van der Waals surface area contributed by atoms with Crippen LogP contribution in [0.1, 0.15) is 11.1 Å². The molecule has 0 aliphatic carbocycles. The van der Waals surface area contributed by atoms with Gasteiger partial charge in [0, 0.05) is 11.6 Å². The highest BCUT2D eigenvalue weighted by atomic mass is 16.4. The first-order chi connectivity index (χ1) is 11.1. The van der Waals surface area contributed by atoms with Crippen LogP contribution in [-0.4, -0.2) is 25.8 Å². The van der Waals surface area contributed by atoms with E-state index in [-0.39, 0.29) is 0 Å². The summed E-state index contributed by atoms with van der Waals surface area (Å²) in [7, 11) is 0. The van der Waals surface area contributed by atoms with E-state index in [2.05, 4.69) is 10.1 Å². The van der Waals surface area contributed by atoms with Crippen molar-refractivity contribution in [2.75, 3.05) is 0 Å². The van der Waals surface area contributed by atoms with Crippen LogP contribution in [0.2, 0.25) is 0 Å². The minimum absolute atomic E-state index is 0.624. The van der Waals surface area contributed by atoms with Crippen molar-refractivity contribution in [1.82, 2.24) is 14.8 Å². The summed E-state index contributed by atoms with van der Waals surface area (Å²) in [5, 5.41) is 13.1. The van der Waals surface area contributed by atoms with Crippen molar-refractivity contribution in [3.63, 3.8) is 0 Å². The summed E-state index contributed by atoms with van der Waals surface area (Å²) >= 11 is 0. The van der Waals surface area contributed by atoms with E-state index < -0.39 is 5.97 Å². The van der Waals surface area contributed by atoms with Crippen LogP contribution in [0.4, 0.5) is 0 Å². The van der Waals surface area contributed by atoms with E-state index in [0.717, 1.165) is 22.9 Å². The number of nitrogens with zero attached hydrogens (tertiary/aromatic N) is 3. The normalized spacial score (nSPS) is 11.0. The van der Waals surface area contributed by atoms with E-state index >= 15 is 0 Å². The van der Waals surface area contributed by atoms with Gasteiger partial charge in [0.05, 0.1) is 5.69 Å². The molecular weight excluding hydrogens is 290 g/mol. The first-order valence-electron chi connectivity index (χ1n) is 7.12. The molecule has 23 heavy (non-hydrogen) atoms. The third kappa shape index (κ3) is 3.52. The fourth-order valence-electron chi connectivity index (χ4n) is 2.13. The zero-order chi connectivity index (χ0) is 16.2. The zero-order valence-electron chi connectivity index (χ0n) is 12.5. The molecule has 0 radical (unpaired) electrons. The molecule has 0 aliphatic heterocycles. The molecule has 3 rings (SSSR count). The highest BCUT2D eigenvalue weighted by Crippen LogP contribution is 2.17. The summed E-state index contributed by atoms with van der Waals surface area (Å²) in [6.45, 7) is 2.04. The molecule has 0 bridgehead atoms. The van der Waals surface area contributed by atoms with Crippen LogP contribution in [0, 0.1) is 6.92 Å². The number of carboxylic acid groups (broad SMARTS) is 1. The standard InChI is InChI=1S/C18H15N3O2/c1-13-2-9-16(10-3-13)21-12-19-18(20-21)15-7-4-14(5-8-15)6-11-17(22)23/h2-12H,1H3,(H,22,23)/b11-6+. The molecule has 0 atom stereocenters. The third-order valence-corrected chi connectivity index (χ3v) is 3.38. The molecule has 0 amide bonds. The lowest BCUT2D eigenvalue weighted by Gasteiger charge is -2.00. The van der Waals surface area contributed by atoms with Crippen LogP contribution in [0.25, 0.3) is 23.2 Å². The smallest absolute Gasteiger partial charge is 0.328 e. The van der Waals surface area contributed by atoms with Gasteiger partial charge in [-0.2, -0.15) is 0 Å². The number of rotatable bonds is 4. The zero-order valence-corrected chi connectivity index (χ0v) is 12.5. The minimum atomic E-state index is -0.965. The number of hydrogen-bond acceptors (Lipinski definition) is 3. The maximum atomic E-state index is 10.5. The summed E-state index contributed by atoms with van der Waals surface area (Å²) in [6.07, 6.45) is 4.34. The Morgan fingerprint density at radius 3 is 2.43 bits per heavy atom. The predicted octanol–water partition coefficient (Wildman–Crippen LogP) is 3.34. The van der Waals surface area contributed by atoms with E-state index in [9.17, 15) is 4.79 Å². The van der Waals surface area contributed by atoms with Crippen molar-refractivity contribution < 1.29 is 9.90 Å². The van der Waals surface area contributed by atoms with Crippen molar-refractivity contribution in [2.24, 2.45) is 0 Å². The highest BCUT2D eigenvalue weighted by Gasteiger charge is 2.05. The maximum absolute atomic E-state index is 10.5. The van der Waals surface area contributed by atoms with Gasteiger partial charge in [-0.15, -0.1) is 5.10 Å². The average molecular weight is 305 g/mol. The Labute approximate surface area is 133 Å². The Kier molecular flexibility index (Phi) is 4.01. The number of carboxylic acids is 1. The monoisotopic (exact) mass is 305 g/mol. The molecule has 5 heteroatoms. The molecule has 0 saturated carbocycles. The number of aromatic nitrogens is 3. The Balaban J connectivity index is 1.82. The van der Waals surface area contributed by atoms with E-state index in [1.165, 1.54) is 5.56 Å². The molecule has 0 spiro atoms. The molecule has 0 unspecified atom stereocenters. The van der Waals surface area contributed by atoms with Gasteiger partial charge in [0.25, 0.3) is 0 Å². The van der Waals surface area contributed by atoms with Gasteiger partial charge in [0.1, 0.15) is 6.33 Å². The van der Waals surface area contributed by atoms with Crippen molar-refractivity contribution in [2.45, 2.75) is 6.92 Å². The maximum Gasteiger partial charge on any atom is 0.328 e. The first-order valence-corrected chi connectivity index (χ1v) is 7.12. The molecule has 0 aliphatic rings. The van der Waals surface area contributed by atoms with Gasteiger partial charge >= 0.3 is 5.97 Å². The lowest BCUT2D eigenvalue weighted by molar-refractivity contribution is -0.131. The second-order valence-electron chi connectivity index (χ2n) is 5.14. The Morgan fingerprint density at radius 2 is 1.78 bits per heavy atom. The third-order valence-electron chi connectivity index (χ3n) is 3.38. The molecule has 5 nitrogen and oxygen atoms in total. The molecule has 1 N–H and O–H groups in total. The van der Waals surface area contributed by atoms with Crippen LogP contribution >= 0.6 is 0 Å². The minimum Gasteiger partial charge on any atom is -0.478 e. The highest BCUT2D eigenvalue weighted by molar-refractivity contribution is 5.85. The lowest BCUT2D eigenvalue weighted by Crippen LogP contribution is -1.94.